The van der Waals surface area contributed by atoms with Gasteiger partial charge in [-0.1, -0.05) is 0 Å². The van der Waals surface area contributed by atoms with Crippen molar-refractivity contribution in [1.29, 1.82) is 0 Å². The first kappa shape index (κ1) is 6.84. The molecule has 2 rings (SSSR count). The van der Waals surface area contributed by atoms with Crippen molar-refractivity contribution in [2.75, 3.05) is 0 Å². The zero-order chi connectivity index (χ0) is 8.55. The Morgan fingerprint density at radius 2 is 2.00 bits per heavy atom. The minimum Gasteiger partial charge on any atom is -0.508 e. The minimum atomic E-state index is -0.0348. The lowest BCUT2D eigenvalue weighted by Gasteiger charge is -1.99. The molecule has 0 saturated heterocycles. The van der Waals surface area contributed by atoms with Gasteiger partial charge in [-0.3, -0.25) is 0 Å². The van der Waals surface area contributed by atoms with Crippen LogP contribution in [0.25, 0.3) is 10.9 Å². The predicted molar refractivity (Wildman–Crippen MR) is 42.9 cm³/mol. The smallest absolute Gasteiger partial charge is 0.145 e. The predicted octanol–water partition coefficient (Wildman–Crippen LogP) is 1.04. The molecule has 0 aliphatic carbocycles. The summed E-state index contributed by atoms with van der Waals surface area (Å²) in [6.07, 6.45) is 2.88. The maximum Gasteiger partial charge on any atom is 0.145 e. The van der Waals surface area contributed by atoms with Gasteiger partial charge in [0.2, 0.25) is 0 Å². The molecule has 0 fully saturated rings. The van der Waals surface area contributed by atoms with Crippen LogP contribution in [0.3, 0.4) is 0 Å². The second-order valence-electron chi connectivity index (χ2n) is 2.43. The summed E-state index contributed by atoms with van der Waals surface area (Å²) in [5, 5.41) is 19.0. The minimum absolute atomic E-state index is 0.00907. The molecule has 2 aromatic rings. The van der Waals surface area contributed by atoms with Crippen LogP contribution in [0.15, 0.2) is 24.7 Å². The van der Waals surface area contributed by atoms with Gasteiger partial charge in [0, 0.05) is 17.6 Å². The molecule has 1 aromatic heterocycles. The van der Waals surface area contributed by atoms with Crippen LogP contribution in [-0.4, -0.2) is 20.2 Å². The molecule has 0 aliphatic heterocycles. The number of phenols is 2. The van der Waals surface area contributed by atoms with Gasteiger partial charge in [-0.25, -0.2) is 9.97 Å². The standard InChI is InChI=1S/C8H6N2O2/c11-6-1-5-3-9-4-10-8(5)7(12)2-6/h1-4,11-12H. The fraction of sp³-hybridized carbons (Fsp3) is 0. The monoisotopic (exact) mass is 162 g/mol. The fourth-order valence-corrected chi connectivity index (χ4v) is 1.07. The Labute approximate surface area is 68.1 Å². The Hall–Kier alpha value is -1.84. The van der Waals surface area contributed by atoms with Crippen LogP contribution in [0, 0.1) is 0 Å². The van der Waals surface area contributed by atoms with Crippen LogP contribution < -0.4 is 0 Å². The van der Waals surface area contributed by atoms with Crippen LogP contribution in [0.4, 0.5) is 0 Å². The van der Waals surface area contributed by atoms with E-state index in [-0.39, 0.29) is 11.5 Å². The third kappa shape index (κ3) is 0.934. The molecule has 0 spiro atoms. The highest BCUT2D eigenvalue weighted by atomic mass is 16.3. The Morgan fingerprint density at radius 3 is 2.83 bits per heavy atom. The Morgan fingerprint density at radius 1 is 1.17 bits per heavy atom. The summed E-state index contributed by atoms with van der Waals surface area (Å²) in [4.78, 5) is 7.61. The van der Waals surface area contributed by atoms with E-state index in [1.807, 2.05) is 0 Å². The zero-order valence-electron chi connectivity index (χ0n) is 6.10. The average Bonchev–Trinajstić information content (AvgIpc) is 2.04. The average molecular weight is 162 g/mol. The molecular weight excluding hydrogens is 156 g/mol. The molecule has 0 amide bonds. The molecule has 0 atom stereocenters. The number of phenolic OH excluding ortho intramolecular Hbond substituents is 2. The summed E-state index contributed by atoms with van der Waals surface area (Å²) in [5.74, 6) is -0.0257. The van der Waals surface area contributed by atoms with Crippen LogP contribution >= 0.6 is 0 Å². The third-order valence-corrected chi connectivity index (χ3v) is 1.57. The molecule has 12 heavy (non-hydrogen) atoms. The van der Waals surface area contributed by atoms with E-state index in [0.717, 1.165) is 0 Å². The van der Waals surface area contributed by atoms with E-state index in [0.29, 0.717) is 10.9 Å². The number of fused-ring (bicyclic) bond motifs is 1. The molecule has 0 unspecified atom stereocenters. The first-order valence-electron chi connectivity index (χ1n) is 3.39. The lowest BCUT2D eigenvalue weighted by Crippen LogP contribution is -1.80. The number of nitrogens with zero attached hydrogens (tertiary/aromatic N) is 2. The lowest BCUT2D eigenvalue weighted by atomic mass is 10.2. The van der Waals surface area contributed by atoms with E-state index in [4.69, 9.17) is 5.11 Å². The van der Waals surface area contributed by atoms with Crippen molar-refractivity contribution in [2.45, 2.75) is 0 Å². The topological polar surface area (TPSA) is 66.2 Å². The summed E-state index contributed by atoms with van der Waals surface area (Å²) >= 11 is 0. The summed E-state index contributed by atoms with van der Waals surface area (Å²) in [7, 11) is 0. The SMILES string of the molecule is Oc1cc(O)c2ncncc2c1. The van der Waals surface area contributed by atoms with Crippen LogP contribution in [0.5, 0.6) is 11.5 Å². The molecule has 1 heterocycles. The summed E-state index contributed by atoms with van der Waals surface area (Å²) < 4.78 is 0. The molecule has 0 aliphatic rings. The molecule has 4 heteroatoms. The van der Waals surface area contributed by atoms with Crippen LogP contribution in [0.1, 0.15) is 0 Å². The molecule has 0 radical (unpaired) electrons. The number of aromatic hydroxyl groups is 2. The second-order valence-corrected chi connectivity index (χ2v) is 2.43. The number of benzene rings is 1. The number of hydrogen-bond acceptors (Lipinski definition) is 4. The number of aromatic nitrogens is 2. The molecular formula is C8H6N2O2. The van der Waals surface area contributed by atoms with E-state index in [1.54, 1.807) is 0 Å². The summed E-state index contributed by atoms with van der Waals surface area (Å²) in [6, 6.07) is 2.74. The van der Waals surface area contributed by atoms with Crippen molar-refractivity contribution in [3.8, 4) is 11.5 Å². The first-order chi connectivity index (χ1) is 5.77. The molecule has 2 N–H and O–H groups in total. The van der Waals surface area contributed by atoms with Gasteiger partial charge in [0.1, 0.15) is 23.3 Å². The normalized spacial score (nSPS) is 10.3. The molecule has 0 bridgehead atoms. The van der Waals surface area contributed by atoms with E-state index >= 15 is 0 Å². The van der Waals surface area contributed by atoms with Crippen molar-refractivity contribution in [3.63, 3.8) is 0 Å². The summed E-state index contributed by atoms with van der Waals surface area (Å²) in [5.41, 5.74) is 0.447. The summed E-state index contributed by atoms with van der Waals surface area (Å²) in [6.45, 7) is 0. The van der Waals surface area contributed by atoms with Gasteiger partial charge in [-0.05, 0) is 6.07 Å². The maximum absolute atomic E-state index is 9.30. The van der Waals surface area contributed by atoms with Crippen LogP contribution in [0.2, 0.25) is 0 Å². The molecule has 1 aromatic carbocycles. The Kier molecular flexibility index (Phi) is 1.33. The Balaban J connectivity index is 2.89. The quantitative estimate of drug-likeness (QED) is 0.607. The second kappa shape index (κ2) is 2.34. The van der Waals surface area contributed by atoms with Gasteiger partial charge in [0.15, 0.2) is 0 Å². The van der Waals surface area contributed by atoms with E-state index in [1.165, 1.54) is 24.7 Å². The van der Waals surface area contributed by atoms with E-state index in [9.17, 15) is 5.11 Å². The number of rotatable bonds is 0. The number of hydrogen-bond donors (Lipinski definition) is 2. The molecule has 60 valence electrons. The van der Waals surface area contributed by atoms with Crippen molar-refractivity contribution in [1.82, 2.24) is 9.97 Å². The third-order valence-electron chi connectivity index (χ3n) is 1.57. The van der Waals surface area contributed by atoms with Gasteiger partial charge < -0.3 is 10.2 Å². The van der Waals surface area contributed by atoms with Crippen molar-refractivity contribution in [3.05, 3.63) is 24.7 Å². The fourth-order valence-electron chi connectivity index (χ4n) is 1.07. The molecule has 0 saturated carbocycles. The van der Waals surface area contributed by atoms with Gasteiger partial charge in [-0.2, -0.15) is 0 Å². The van der Waals surface area contributed by atoms with Crippen molar-refractivity contribution < 1.29 is 10.2 Å². The Bertz CT molecular complexity index is 428. The maximum atomic E-state index is 9.30. The lowest BCUT2D eigenvalue weighted by molar-refractivity contribution is 0.454. The largest absolute Gasteiger partial charge is 0.508 e. The van der Waals surface area contributed by atoms with E-state index in [2.05, 4.69) is 9.97 Å². The van der Waals surface area contributed by atoms with Gasteiger partial charge in [-0.15, -0.1) is 0 Å². The van der Waals surface area contributed by atoms with Crippen molar-refractivity contribution in [2.24, 2.45) is 0 Å². The van der Waals surface area contributed by atoms with Gasteiger partial charge in [0.05, 0.1) is 0 Å². The first-order valence-corrected chi connectivity index (χ1v) is 3.39. The van der Waals surface area contributed by atoms with Crippen LogP contribution in [-0.2, 0) is 0 Å². The van der Waals surface area contributed by atoms with Gasteiger partial charge >= 0.3 is 0 Å². The van der Waals surface area contributed by atoms with Gasteiger partial charge in [0.25, 0.3) is 0 Å². The molecule has 4 nitrogen and oxygen atoms in total. The highest BCUT2D eigenvalue weighted by Gasteiger charge is 2.02. The van der Waals surface area contributed by atoms with E-state index < -0.39 is 0 Å². The highest BCUT2D eigenvalue weighted by Crippen LogP contribution is 2.26. The van der Waals surface area contributed by atoms with Crippen molar-refractivity contribution >= 4 is 10.9 Å². The highest BCUT2D eigenvalue weighted by molar-refractivity contribution is 5.84. The zero-order valence-corrected chi connectivity index (χ0v) is 6.10.